The lowest BCUT2D eigenvalue weighted by Gasteiger charge is -2.49. The van der Waals surface area contributed by atoms with E-state index in [1.54, 1.807) is 31.3 Å². The van der Waals surface area contributed by atoms with E-state index in [4.69, 9.17) is 15.6 Å². The number of amides is 2. The summed E-state index contributed by atoms with van der Waals surface area (Å²) in [6.45, 7) is -0.250. The number of hydrogen-bond donors (Lipinski definition) is 4. The van der Waals surface area contributed by atoms with Gasteiger partial charge in [0.1, 0.15) is 23.2 Å². The molecule has 180 valence electrons. The van der Waals surface area contributed by atoms with Crippen LogP contribution in [0.1, 0.15) is 11.6 Å². The van der Waals surface area contributed by atoms with Gasteiger partial charge in [-0.15, -0.1) is 16.9 Å². The van der Waals surface area contributed by atoms with Crippen LogP contribution in [0.4, 0.5) is 0 Å². The maximum Gasteiger partial charge on any atom is 0.352 e. The highest BCUT2D eigenvalue weighted by Crippen LogP contribution is 2.41. The number of nitrogens with one attached hydrogen (secondary N) is 1. The van der Waals surface area contributed by atoms with Crippen LogP contribution in [0.3, 0.4) is 0 Å². The molecule has 3 heterocycles. The number of carboxylic acid groups (broad SMARTS) is 2. The van der Waals surface area contributed by atoms with Crippen molar-refractivity contribution in [2.75, 3.05) is 11.5 Å². The van der Waals surface area contributed by atoms with Gasteiger partial charge in [0.05, 0.1) is 0 Å². The molecule has 0 saturated carbocycles. The second-order valence-corrected chi connectivity index (χ2v) is 9.07. The third-order valence-electron chi connectivity index (χ3n) is 4.95. The van der Waals surface area contributed by atoms with Crippen LogP contribution in [0.25, 0.3) is 0 Å². The molecule has 0 radical (unpaired) electrons. The summed E-state index contributed by atoms with van der Waals surface area (Å²) in [5.41, 5.74) is 7.19. The van der Waals surface area contributed by atoms with Gasteiger partial charge in [0.25, 0.3) is 12.4 Å². The average molecular weight is 508 g/mol. The number of hydrogen-bond acceptors (Lipinski definition) is 10. The molecule has 1 unspecified atom stereocenters. The first kappa shape index (κ1) is 25.2. The SMILES string of the molecule is Cn1nnnc1SCC1=C(C(=O)O)N2C(=O)C(NC(=O)[C@H](N)c3ccccc3)[C@H]2SC1.O=CO. The number of β-lactam (4-membered cyclic amide) rings is 1. The van der Waals surface area contributed by atoms with E-state index in [-0.39, 0.29) is 12.2 Å². The summed E-state index contributed by atoms with van der Waals surface area (Å²) in [5, 5.41) is 30.5. The van der Waals surface area contributed by atoms with Crippen LogP contribution in [0.2, 0.25) is 0 Å². The van der Waals surface area contributed by atoms with Crippen LogP contribution in [-0.2, 0) is 26.2 Å². The summed E-state index contributed by atoms with van der Waals surface area (Å²) in [4.78, 5) is 46.8. The number of aryl methyl sites for hydroxylation is 1. The highest BCUT2D eigenvalue weighted by molar-refractivity contribution is 8.01. The Morgan fingerprint density at radius 2 is 2.06 bits per heavy atom. The predicted octanol–water partition coefficient (Wildman–Crippen LogP) is -0.558. The van der Waals surface area contributed by atoms with E-state index in [0.717, 1.165) is 0 Å². The third-order valence-corrected chi connectivity index (χ3v) is 7.38. The van der Waals surface area contributed by atoms with Crippen molar-refractivity contribution < 1.29 is 29.4 Å². The average Bonchev–Trinajstić information content (AvgIpc) is 3.25. The Hall–Kier alpha value is -3.43. The molecule has 1 aromatic heterocycles. The molecule has 2 amide bonds. The van der Waals surface area contributed by atoms with Crippen LogP contribution in [-0.4, -0.2) is 82.5 Å². The van der Waals surface area contributed by atoms with E-state index in [9.17, 15) is 19.5 Å². The van der Waals surface area contributed by atoms with E-state index < -0.39 is 35.2 Å². The van der Waals surface area contributed by atoms with Crippen LogP contribution < -0.4 is 11.1 Å². The van der Waals surface area contributed by atoms with Crippen molar-refractivity contribution in [3.8, 4) is 0 Å². The van der Waals surface area contributed by atoms with Crippen molar-refractivity contribution in [3.63, 3.8) is 0 Å². The Labute approximate surface area is 201 Å². The number of nitrogens with two attached hydrogens (primary N) is 1. The Morgan fingerprint density at radius 3 is 2.65 bits per heavy atom. The monoisotopic (exact) mass is 507 g/mol. The van der Waals surface area contributed by atoms with E-state index in [1.165, 1.54) is 33.1 Å². The topological polar surface area (TPSA) is 194 Å². The summed E-state index contributed by atoms with van der Waals surface area (Å²) in [5.74, 6) is -1.40. The molecule has 5 N–H and O–H groups in total. The molecule has 2 aliphatic rings. The first-order valence-electron chi connectivity index (χ1n) is 9.74. The van der Waals surface area contributed by atoms with Crippen LogP contribution in [0, 0.1) is 0 Å². The minimum Gasteiger partial charge on any atom is -0.483 e. The van der Waals surface area contributed by atoms with Crippen molar-refractivity contribution in [1.82, 2.24) is 30.4 Å². The maximum atomic E-state index is 12.8. The maximum absolute atomic E-state index is 12.8. The van der Waals surface area contributed by atoms with Gasteiger partial charge in [0.15, 0.2) is 0 Å². The number of carbonyl (C=O) groups excluding carboxylic acids is 2. The van der Waals surface area contributed by atoms with E-state index in [1.807, 2.05) is 6.07 Å². The Morgan fingerprint density at radius 1 is 1.38 bits per heavy atom. The number of fused-ring (bicyclic) bond motifs is 1. The summed E-state index contributed by atoms with van der Waals surface area (Å²) in [7, 11) is 1.69. The number of nitrogens with zero attached hydrogens (tertiary/aromatic N) is 5. The van der Waals surface area contributed by atoms with Gasteiger partial charge in [0, 0.05) is 18.6 Å². The first-order chi connectivity index (χ1) is 16.3. The van der Waals surface area contributed by atoms with Gasteiger partial charge in [-0.25, -0.2) is 9.48 Å². The van der Waals surface area contributed by atoms with Gasteiger partial charge in [-0.05, 0) is 21.6 Å². The van der Waals surface area contributed by atoms with E-state index in [2.05, 4.69) is 20.8 Å². The van der Waals surface area contributed by atoms with Crippen LogP contribution in [0.15, 0.2) is 46.8 Å². The van der Waals surface area contributed by atoms with Crippen molar-refractivity contribution in [2.24, 2.45) is 12.8 Å². The number of thioether (sulfide) groups is 2. The van der Waals surface area contributed by atoms with E-state index in [0.29, 0.717) is 27.8 Å². The van der Waals surface area contributed by atoms with Gasteiger partial charge >= 0.3 is 5.97 Å². The summed E-state index contributed by atoms with van der Waals surface area (Å²) >= 11 is 2.69. The standard InChI is InChI=1S/C18H19N7O4S2.CH2O2/c1-24-18(21-22-23-24)31-8-10-7-30-16-12(15(27)25(16)13(10)17(28)29)20-14(26)11(19)9-5-3-2-4-6-9;2-1-3/h2-6,11-12,16H,7-8,19H2,1H3,(H,20,26)(H,28,29);1H,(H,2,3)/t11-,12?,16-;/m1./s1. The zero-order valence-electron chi connectivity index (χ0n) is 17.8. The summed E-state index contributed by atoms with van der Waals surface area (Å²) in [6.07, 6.45) is 0. The fourth-order valence-electron chi connectivity index (χ4n) is 3.34. The lowest BCUT2D eigenvalue weighted by Crippen LogP contribution is -2.71. The number of benzene rings is 1. The Bertz CT molecular complexity index is 1110. The minimum atomic E-state index is -1.18. The Kier molecular flexibility index (Phi) is 8.25. The number of carboxylic acids is 1. The molecule has 2 aromatic rings. The molecule has 3 atom stereocenters. The molecule has 2 aliphatic heterocycles. The second-order valence-electron chi connectivity index (χ2n) is 7.02. The molecule has 1 saturated heterocycles. The summed E-state index contributed by atoms with van der Waals surface area (Å²) < 4.78 is 1.49. The second kappa shape index (κ2) is 11.1. The van der Waals surface area contributed by atoms with Crippen molar-refractivity contribution >= 4 is 47.8 Å². The fourth-order valence-corrected chi connectivity index (χ4v) is 5.68. The highest BCUT2D eigenvalue weighted by atomic mass is 32.2. The molecule has 1 fully saturated rings. The van der Waals surface area contributed by atoms with Crippen molar-refractivity contribution in [2.45, 2.75) is 22.6 Å². The minimum absolute atomic E-state index is 0.0470. The number of tetrazole rings is 1. The lowest BCUT2D eigenvalue weighted by atomic mass is 10.0. The van der Waals surface area contributed by atoms with Crippen LogP contribution >= 0.6 is 23.5 Å². The molecular weight excluding hydrogens is 486 g/mol. The van der Waals surface area contributed by atoms with Crippen molar-refractivity contribution in [3.05, 3.63) is 47.2 Å². The number of carbonyl (C=O) groups is 4. The fraction of sp³-hybridized carbons (Fsp3) is 0.316. The molecule has 13 nitrogen and oxygen atoms in total. The third kappa shape index (κ3) is 5.21. The zero-order chi connectivity index (χ0) is 24.8. The van der Waals surface area contributed by atoms with Gasteiger partial charge in [-0.3, -0.25) is 19.3 Å². The highest BCUT2D eigenvalue weighted by Gasteiger charge is 2.54. The van der Waals surface area contributed by atoms with Gasteiger partial charge in [0.2, 0.25) is 11.1 Å². The molecule has 1 aromatic carbocycles. The lowest BCUT2D eigenvalue weighted by molar-refractivity contribution is -0.150. The number of rotatable bonds is 7. The van der Waals surface area contributed by atoms with Gasteiger partial charge in [-0.2, -0.15) is 0 Å². The molecule has 0 aliphatic carbocycles. The first-order valence-corrected chi connectivity index (χ1v) is 11.8. The molecule has 4 rings (SSSR count). The molecule has 15 heteroatoms. The van der Waals surface area contributed by atoms with Crippen molar-refractivity contribution in [1.29, 1.82) is 0 Å². The van der Waals surface area contributed by atoms with Gasteiger partial charge < -0.3 is 21.3 Å². The Balaban J connectivity index is 0.00000103. The quantitative estimate of drug-likeness (QED) is 0.212. The normalized spacial score (nSPS) is 19.8. The molecular formula is C19H21N7O6S2. The number of aliphatic carboxylic acids is 1. The molecule has 34 heavy (non-hydrogen) atoms. The zero-order valence-corrected chi connectivity index (χ0v) is 19.4. The van der Waals surface area contributed by atoms with E-state index >= 15 is 0 Å². The smallest absolute Gasteiger partial charge is 0.352 e. The predicted molar refractivity (Wildman–Crippen MR) is 121 cm³/mol. The largest absolute Gasteiger partial charge is 0.483 e. The van der Waals surface area contributed by atoms with Gasteiger partial charge in [-0.1, -0.05) is 42.1 Å². The molecule has 0 bridgehead atoms. The van der Waals surface area contributed by atoms with Crippen LogP contribution in [0.5, 0.6) is 0 Å². The number of aromatic nitrogens is 4. The molecule has 0 spiro atoms. The summed E-state index contributed by atoms with van der Waals surface area (Å²) in [6, 6.07) is 7.09.